The van der Waals surface area contributed by atoms with Crippen LogP contribution < -0.4 is 20.9 Å². The second-order valence-corrected chi connectivity index (χ2v) is 8.73. The van der Waals surface area contributed by atoms with Crippen molar-refractivity contribution in [2.45, 2.75) is 32.9 Å². The molecule has 10 heteroatoms. The summed E-state index contributed by atoms with van der Waals surface area (Å²) in [6, 6.07) is 7.99. The molecule has 0 bridgehead atoms. The molecule has 9 nitrogen and oxygen atoms in total. The van der Waals surface area contributed by atoms with Crippen LogP contribution in [-0.4, -0.2) is 81.5 Å². The quantitative estimate of drug-likeness (QED) is 0.513. The summed E-state index contributed by atoms with van der Waals surface area (Å²) >= 11 is 0. The molecule has 1 aromatic rings. The molecular formula is C23H35FN6O3. The standard InChI is InChI=1S/C23H35FN6O3/c1-17(2)16-33-23(32)25-8-4-7-21(31)30-11-9-29(10-12-30)20-6-3-5-19(13-20)28-22-26-14-18(24)15-27-22/h3,5-6,13,17-18H,4,7-12,14-16H2,1-2H3,(H,25,32)(H2,26,27,28). The van der Waals surface area contributed by atoms with Crippen LogP contribution in [0.1, 0.15) is 26.7 Å². The lowest BCUT2D eigenvalue weighted by Crippen LogP contribution is -2.48. The lowest BCUT2D eigenvalue weighted by Gasteiger charge is -2.36. The van der Waals surface area contributed by atoms with Gasteiger partial charge in [-0.05, 0) is 30.5 Å². The third-order valence-electron chi connectivity index (χ3n) is 5.43. The number of guanidine groups is 1. The number of alkyl carbamates (subject to hydrolysis) is 1. The smallest absolute Gasteiger partial charge is 0.407 e. The molecule has 1 fully saturated rings. The molecule has 0 spiro atoms. The highest BCUT2D eigenvalue weighted by atomic mass is 19.1. The van der Waals surface area contributed by atoms with Gasteiger partial charge in [0.1, 0.15) is 6.17 Å². The molecule has 2 amide bonds. The number of carbonyl (C=O) groups is 2. The van der Waals surface area contributed by atoms with Crippen LogP contribution in [0.5, 0.6) is 0 Å². The van der Waals surface area contributed by atoms with Crippen LogP contribution in [0.2, 0.25) is 0 Å². The van der Waals surface area contributed by atoms with Crippen LogP contribution in [0.15, 0.2) is 29.3 Å². The highest BCUT2D eigenvalue weighted by Crippen LogP contribution is 2.21. The minimum Gasteiger partial charge on any atom is -0.449 e. The Morgan fingerprint density at radius 2 is 2.06 bits per heavy atom. The van der Waals surface area contributed by atoms with Gasteiger partial charge in [0.25, 0.3) is 0 Å². The van der Waals surface area contributed by atoms with Gasteiger partial charge in [-0.3, -0.25) is 4.79 Å². The Morgan fingerprint density at radius 1 is 1.27 bits per heavy atom. The molecule has 2 heterocycles. The van der Waals surface area contributed by atoms with E-state index in [1.807, 2.05) is 43.0 Å². The number of ether oxygens (including phenoxy) is 1. The number of hydrogen-bond acceptors (Lipinski definition) is 7. The van der Waals surface area contributed by atoms with E-state index in [4.69, 9.17) is 4.74 Å². The average Bonchev–Trinajstić information content (AvgIpc) is 2.82. The number of anilines is 2. The molecule has 3 rings (SSSR count). The topological polar surface area (TPSA) is 98.3 Å². The van der Waals surface area contributed by atoms with Crippen LogP contribution >= 0.6 is 0 Å². The average molecular weight is 463 g/mol. The van der Waals surface area contributed by atoms with E-state index in [0.717, 1.165) is 24.5 Å². The van der Waals surface area contributed by atoms with E-state index < -0.39 is 12.3 Å². The van der Waals surface area contributed by atoms with Crippen LogP contribution in [0.4, 0.5) is 20.6 Å². The van der Waals surface area contributed by atoms with E-state index >= 15 is 0 Å². The number of halogens is 1. The fourth-order valence-electron chi connectivity index (χ4n) is 3.61. The highest BCUT2D eigenvalue weighted by molar-refractivity contribution is 5.94. The van der Waals surface area contributed by atoms with Crippen molar-refractivity contribution in [2.24, 2.45) is 10.9 Å². The minimum atomic E-state index is -0.941. The predicted octanol–water partition coefficient (Wildman–Crippen LogP) is 2.21. The zero-order valence-electron chi connectivity index (χ0n) is 19.5. The second-order valence-electron chi connectivity index (χ2n) is 8.73. The molecule has 1 unspecified atom stereocenters. The second kappa shape index (κ2) is 12.3. The van der Waals surface area contributed by atoms with Gasteiger partial charge in [-0.1, -0.05) is 19.9 Å². The van der Waals surface area contributed by atoms with Crippen molar-refractivity contribution in [3.05, 3.63) is 24.3 Å². The summed E-state index contributed by atoms with van der Waals surface area (Å²) in [6.45, 7) is 8.02. The van der Waals surface area contributed by atoms with Crippen LogP contribution in [0.3, 0.4) is 0 Å². The summed E-state index contributed by atoms with van der Waals surface area (Å²) in [7, 11) is 0. The first kappa shape index (κ1) is 24.6. The Balaban J connectivity index is 1.38. The SMILES string of the molecule is CC(C)COC(=O)NCCCC(=O)N1CCN(c2cccc(NC3=NCC(F)CN3)c2)CC1. The first-order valence-electron chi connectivity index (χ1n) is 11.6. The van der Waals surface area contributed by atoms with E-state index in [0.29, 0.717) is 51.0 Å². The summed E-state index contributed by atoms with van der Waals surface area (Å²) in [5, 5.41) is 8.83. The van der Waals surface area contributed by atoms with Crippen molar-refractivity contribution in [1.82, 2.24) is 15.5 Å². The zero-order chi connectivity index (χ0) is 23.6. The molecule has 182 valence electrons. The van der Waals surface area contributed by atoms with Gasteiger partial charge in [0.05, 0.1) is 19.7 Å². The van der Waals surface area contributed by atoms with E-state index in [-0.39, 0.29) is 19.0 Å². The van der Waals surface area contributed by atoms with E-state index in [1.54, 1.807) is 0 Å². The molecule has 0 radical (unpaired) electrons. The molecule has 1 atom stereocenters. The largest absolute Gasteiger partial charge is 0.449 e. The Bertz CT molecular complexity index is 826. The monoisotopic (exact) mass is 462 g/mol. The number of aliphatic imine (C=N–C) groups is 1. The normalized spacial score (nSPS) is 18.4. The number of nitrogens with one attached hydrogen (secondary N) is 3. The number of alkyl halides is 1. The van der Waals surface area contributed by atoms with Crippen molar-refractivity contribution >= 4 is 29.3 Å². The third kappa shape index (κ3) is 8.11. The number of piperazine rings is 1. The van der Waals surface area contributed by atoms with Gasteiger partial charge >= 0.3 is 6.09 Å². The maximum atomic E-state index is 13.2. The number of carbonyl (C=O) groups excluding carboxylic acids is 2. The zero-order valence-corrected chi connectivity index (χ0v) is 19.5. The fourth-order valence-corrected chi connectivity index (χ4v) is 3.61. The Labute approximate surface area is 194 Å². The number of amides is 2. The molecule has 0 saturated carbocycles. The number of benzene rings is 1. The molecule has 3 N–H and O–H groups in total. The van der Waals surface area contributed by atoms with E-state index in [1.165, 1.54) is 0 Å². The maximum Gasteiger partial charge on any atom is 0.407 e. The van der Waals surface area contributed by atoms with Crippen molar-refractivity contribution < 1.29 is 18.7 Å². The lowest BCUT2D eigenvalue weighted by molar-refractivity contribution is -0.131. The molecule has 2 aliphatic rings. The molecule has 1 saturated heterocycles. The van der Waals surface area contributed by atoms with E-state index in [9.17, 15) is 14.0 Å². The number of rotatable bonds is 8. The summed E-state index contributed by atoms with van der Waals surface area (Å²) in [5.74, 6) is 0.984. The van der Waals surface area contributed by atoms with Crippen molar-refractivity contribution in [3.63, 3.8) is 0 Å². The van der Waals surface area contributed by atoms with Gasteiger partial charge < -0.3 is 30.5 Å². The van der Waals surface area contributed by atoms with Crippen molar-refractivity contribution in [2.75, 3.05) is 62.6 Å². The van der Waals surface area contributed by atoms with Crippen LogP contribution in [0, 0.1) is 5.92 Å². The molecule has 0 aromatic heterocycles. The summed E-state index contributed by atoms with van der Waals surface area (Å²) in [6.07, 6.45) is -0.383. The number of hydrogen-bond donors (Lipinski definition) is 3. The van der Waals surface area contributed by atoms with Gasteiger partial charge in [-0.15, -0.1) is 0 Å². The van der Waals surface area contributed by atoms with Gasteiger partial charge in [-0.25, -0.2) is 14.2 Å². The fraction of sp³-hybridized carbons (Fsp3) is 0.609. The molecule has 33 heavy (non-hydrogen) atoms. The summed E-state index contributed by atoms with van der Waals surface area (Å²) in [4.78, 5) is 32.3. The lowest BCUT2D eigenvalue weighted by atomic mass is 10.2. The van der Waals surface area contributed by atoms with Gasteiger partial charge in [0, 0.05) is 50.5 Å². The first-order valence-corrected chi connectivity index (χ1v) is 11.6. The summed E-state index contributed by atoms with van der Waals surface area (Å²) in [5.41, 5.74) is 1.95. The molecule has 2 aliphatic heterocycles. The van der Waals surface area contributed by atoms with Crippen molar-refractivity contribution in [1.29, 1.82) is 0 Å². The van der Waals surface area contributed by atoms with Gasteiger partial charge in [0.15, 0.2) is 5.96 Å². The maximum absolute atomic E-state index is 13.2. The Morgan fingerprint density at radius 3 is 2.76 bits per heavy atom. The number of nitrogens with zero attached hydrogens (tertiary/aromatic N) is 3. The van der Waals surface area contributed by atoms with Gasteiger partial charge in [-0.2, -0.15) is 0 Å². The van der Waals surface area contributed by atoms with Crippen LogP contribution in [-0.2, 0) is 9.53 Å². The van der Waals surface area contributed by atoms with E-state index in [2.05, 4.69) is 25.8 Å². The summed E-state index contributed by atoms with van der Waals surface area (Å²) < 4.78 is 18.3. The first-order chi connectivity index (χ1) is 15.9. The molecular weight excluding hydrogens is 427 g/mol. The Hall–Kier alpha value is -3.04. The third-order valence-corrected chi connectivity index (χ3v) is 5.43. The Kier molecular flexibility index (Phi) is 9.14. The minimum absolute atomic E-state index is 0.106. The molecule has 1 aromatic carbocycles. The highest BCUT2D eigenvalue weighted by Gasteiger charge is 2.21. The molecule has 0 aliphatic carbocycles. The predicted molar refractivity (Wildman–Crippen MR) is 127 cm³/mol. The van der Waals surface area contributed by atoms with Crippen LogP contribution in [0.25, 0.3) is 0 Å². The van der Waals surface area contributed by atoms with Gasteiger partial charge in [0.2, 0.25) is 5.91 Å². The van der Waals surface area contributed by atoms with Crippen molar-refractivity contribution in [3.8, 4) is 0 Å².